The molecule has 164 valence electrons. The van der Waals surface area contributed by atoms with E-state index in [1.807, 2.05) is 0 Å². The van der Waals surface area contributed by atoms with Crippen LogP contribution in [0.2, 0.25) is 0 Å². The molecule has 0 saturated heterocycles. The molecule has 1 aliphatic heterocycles. The maximum absolute atomic E-state index is 10.0. The van der Waals surface area contributed by atoms with Crippen LogP contribution >= 0.6 is 0 Å². The van der Waals surface area contributed by atoms with Crippen molar-refractivity contribution in [2.75, 3.05) is 26.7 Å². The van der Waals surface area contributed by atoms with Gasteiger partial charge in [0, 0.05) is 19.6 Å². The third-order valence-corrected chi connectivity index (χ3v) is 6.29. The predicted octanol–water partition coefficient (Wildman–Crippen LogP) is 4.49. The van der Waals surface area contributed by atoms with Crippen LogP contribution in [0.1, 0.15) is 81.8 Å². The number of hydrogen-bond donors (Lipinski definition) is 2. The molecule has 0 amide bonds. The van der Waals surface area contributed by atoms with Gasteiger partial charge in [-0.3, -0.25) is 0 Å². The van der Waals surface area contributed by atoms with Gasteiger partial charge in [-0.15, -0.1) is 0 Å². The molecule has 29 heavy (non-hydrogen) atoms. The summed E-state index contributed by atoms with van der Waals surface area (Å²) in [5.41, 5.74) is 2.49. The third kappa shape index (κ3) is 9.88. The van der Waals surface area contributed by atoms with Gasteiger partial charge in [0.25, 0.3) is 0 Å². The number of aldehydes is 1. The molecule has 2 saturated carbocycles. The van der Waals surface area contributed by atoms with E-state index in [2.05, 4.69) is 41.5 Å². The maximum atomic E-state index is 10.0. The summed E-state index contributed by atoms with van der Waals surface area (Å²) in [4.78, 5) is 12.4. The summed E-state index contributed by atoms with van der Waals surface area (Å²) in [5, 5.41) is 12.8. The second kappa shape index (κ2) is 13.9. The van der Waals surface area contributed by atoms with Gasteiger partial charge in [-0.05, 0) is 37.4 Å². The number of fused-ring (bicyclic) bond motifs is 1. The van der Waals surface area contributed by atoms with E-state index >= 15 is 0 Å². The predicted molar refractivity (Wildman–Crippen MR) is 121 cm³/mol. The van der Waals surface area contributed by atoms with Gasteiger partial charge < -0.3 is 20.1 Å². The van der Waals surface area contributed by atoms with Crippen LogP contribution in [0, 0.1) is 0 Å². The van der Waals surface area contributed by atoms with Crippen molar-refractivity contribution < 1.29 is 9.90 Å². The van der Waals surface area contributed by atoms with Gasteiger partial charge in [-0.2, -0.15) is 0 Å². The molecule has 0 atom stereocenters. The summed E-state index contributed by atoms with van der Waals surface area (Å²) in [6, 6.07) is 8.72. The van der Waals surface area contributed by atoms with Crippen molar-refractivity contribution in [3.63, 3.8) is 0 Å². The molecule has 1 heterocycles. The molecule has 2 aliphatic carbocycles. The zero-order valence-corrected chi connectivity index (χ0v) is 18.5. The van der Waals surface area contributed by atoms with E-state index in [4.69, 9.17) is 0 Å². The molecule has 2 fully saturated rings. The number of rotatable bonds is 4. The standard InChI is InChI=1S/C10H13N.C9H17NO2.C6H12/c1-11-7-6-9-4-2-3-5-10(9)8-11;11-7-6-10-8-9(12)4-2-1-3-5-9;1-2-4-6-5-3-1/h2-5H,6-8H2,1H3;7,10,12H,1-6,8H2;1-6H2. The Morgan fingerprint density at radius 2 is 1.52 bits per heavy atom. The van der Waals surface area contributed by atoms with E-state index in [0.29, 0.717) is 13.1 Å². The number of hydrogen-bond acceptors (Lipinski definition) is 4. The van der Waals surface area contributed by atoms with Crippen LogP contribution in [0.4, 0.5) is 0 Å². The minimum atomic E-state index is -0.540. The molecular weight excluding hydrogens is 360 g/mol. The van der Waals surface area contributed by atoms with Gasteiger partial charge >= 0.3 is 0 Å². The molecule has 0 spiro atoms. The first kappa shape index (κ1) is 24.0. The van der Waals surface area contributed by atoms with E-state index in [0.717, 1.165) is 38.5 Å². The van der Waals surface area contributed by atoms with E-state index in [1.54, 1.807) is 0 Å². The SMILES string of the molecule is C1CCCCC1.CN1CCc2ccccc2C1.O=CCNCC1(O)CCCCC1. The van der Waals surface area contributed by atoms with Crippen LogP contribution in [0.25, 0.3) is 0 Å². The van der Waals surface area contributed by atoms with Gasteiger partial charge in [0.15, 0.2) is 0 Å². The Labute approximate surface area is 178 Å². The molecular formula is C25H42N2O2. The lowest BCUT2D eigenvalue weighted by molar-refractivity contribution is -0.107. The summed E-state index contributed by atoms with van der Waals surface area (Å²) in [7, 11) is 2.18. The van der Waals surface area contributed by atoms with Gasteiger partial charge in [0.2, 0.25) is 0 Å². The molecule has 4 rings (SSSR count). The molecule has 3 aliphatic rings. The topological polar surface area (TPSA) is 52.6 Å². The van der Waals surface area contributed by atoms with E-state index in [-0.39, 0.29) is 0 Å². The molecule has 0 radical (unpaired) electrons. The molecule has 1 aromatic carbocycles. The molecule has 0 bridgehead atoms. The monoisotopic (exact) mass is 402 g/mol. The van der Waals surface area contributed by atoms with E-state index < -0.39 is 5.60 Å². The largest absolute Gasteiger partial charge is 0.389 e. The van der Waals surface area contributed by atoms with Crippen molar-refractivity contribution in [2.24, 2.45) is 0 Å². The highest BCUT2D eigenvalue weighted by Crippen LogP contribution is 2.27. The summed E-state index contributed by atoms with van der Waals surface area (Å²) in [6.45, 7) is 3.24. The lowest BCUT2D eigenvalue weighted by Gasteiger charge is -2.31. The fourth-order valence-corrected chi connectivity index (χ4v) is 4.45. The second-order valence-electron chi connectivity index (χ2n) is 8.96. The van der Waals surface area contributed by atoms with Crippen LogP contribution in [-0.4, -0.2) is 48.6 Å². The Kier molecular flexibility index (Phi) is 11.5. The molecule has 0 unspecified atom stereocenters. The first-order chi connectivity index (χ1) is 14.1. The Balaban J connectivity index is 0.000000163. The summed E-state index contributed by atoms with van der Waals surface area (Å²) < 4.78 is 0. The maximum Gasteiger partial charge on any atom is 0.133 e. The highest BCUT2D eigenvalue weighted by molar-refractivity contribution is 5.51. The lowest BCUT2D eigenvalue weighted by atomic mass is 9.85. The first-order valence-corrected chi connectivity index (χ1v) is 11.7. The van der Waals surface area contributed by atoms with Crippen molar-refractivity contribution in [3.8, 4) is 0 Å². The average Bonchev–Trinajstić information content (AvgIpc) is 2.76. The Morgan fingerprint density at radius 3 is 2.10 bits per heavy atom. The summed E-state index contributed by atoms with van der Waals surface area (Å²) in [5.74, 6) is 0. The van der Waals surface area contributed by atoms with Gasteiger partial charge in [0.05, 0.1) is 12.1 Å². The van der Waals surface area contributed by atoms with Crippen molar-refractivity contribution in [1.82, 2.24) is 10.2 Å². The summed E-state index contributed by atoms with van der Waals surface area (Å²) >= 11 is 0. The zero-order chi connectivity index (χ0) is 20.8. The van der Waals surface area contributed by atoms with Crippen LogP contribution in [0.15, 0.2) is 24.3 Å². The molecule has 4 heteroatoms. The first-order valence-electron chi connectivity index (χ1n) is 11.7. The van der Waals surface area contributed by atoms with Crippen LogP contribution in [0.5, 0.6) is 0 Å². The normalized spacial score (nSPS) is 20.9. The van der Waals surface area contributed by atoms with Gasteiger partial charge in [-0.25, -0.2) is 0 Å². The number of carbonyl (C=O) groups excluding carboxylic acids is 1. The smallest absolute Gasteiger partial charge is 0.133 e. The van der Waals surface area contributed by atoms with Gasteiger partial charge in [-0.1, -0.05) is 82.1 Å². The fraction of sp³-hybridized carbons (Fsp3) is 0.720. The van der Waals surface area contributed by atoms with E-state index in [1.165, 1.54) is 69.0 Å². The molecule has 1 aromatic rings. The van der Waals surface area contributed by atoms with Crippen molar-refractivity contribution in [2.45, 2.75) is 89.2 Å². The number of nitrogens with one attached hydrogen (secondary N) is 1. The Bertz CT molecular complexity index is 554. The number of likely N-dealkylation sites (N-methyl/N-ethyl adjacent to an activating group) is 1. The van der Waals surface area contributed by atoms with Crippen LogP contribution < -0.4 is 5.32 Å². The Morgan fingerprint density at radius 1 is 0.966 bits per heavy atom. The number of benzene rings is 1. The van der Waals surface area contributed by atoms with Crippen LogP contribution in [-0.2, 0) is 17.8 Å². The highest BCUT2D eigenvalue weighted by Gasteiger charge is 2.28. The second-order valence-corrected chi connectivity index (χ2v) is 8.96. The molecule has 0 aromatic heterocycles. The van der Waals surface area contributed by atoms with Crippen molar-refractivity contribution in [1.29, 1.82) is 0 Å². The number of nitrogens with zero attached hydrogens (tertiary/aromatic N) is 1. The summed E-state index contributed by atoms with van der Waals surface area (Å²) in [6.07, 6.45) is 16.2. The minimum Gasteiger partial charge on any atom is -0.389 e. The zero-order valence-electron chi connectivity index (χ0n) is 18.5. The van der Waals surface area contributed by atoms with E-state index in [9.17, 15) is 9.90 Å². The average molecular weight is 403 g/mol. The van der Waals surface area contributed by atoms with Crippen molar-refractivity contribution in [3.05, 3.63) is 35.4 Å². The fourth-order valence-electron chi connectivity index (χ4n) is 4.45. The Hall–Kier alpha value is -1.23. The number of carbonyl (C=O) groups is 1. The molecule has 2 N–H and O–H groups in total. The lowest BCUT2D eigenvalue weighted by Crippen LogP contribution is -2.42. The van der Waals surface area contributed by atoms with Crippen LogP contribution in [0.3, 0.4) is 0 Å². The van der Waals surface area contributed by atoms with Crippen molar-refractivity contribution >= 4 is 6.29 Å². The molecule has 4 nitrogen and oxygen atoms in total. The highest BCUT2D eigenvalue weighted by atomic mass is 16.3. The van der Waals surface area contributed by atoms with Gasteiger partial charge in [0.1, 0.15) is 6.29 Å². The number of aliphatic hydroxyl groups is 1. The minimum absolute atomic E-state index is 0.350. The third-order valence-electron chi connectivity index (χ3n) is 6.29. The quantitative estimate of drug-likeness (QED) is 0.576.